The first-order valence-corrected chi connectivity index (χ1v) is 8.02. The molecule has 0 unspecified atom stereocenters. The molecule has 102 valence electrons. The van der Waals surface area contributed by atoms with Crippen molar-refractivity contribution in [2.45, 2.75) is 17.6 Å². The molecule has 0 radical (unpaired) electrons. The number of aryl methyl sites for hydroxylation is 1. The van der Waals surface area contributed by atoms with E-state index in [0.717, 1.165) is 9.35 Å². The summed E-state index contributed by atoms with van der Waals surface area (Å²) >= 11 is 4.46. The maximum absolute atomic E-state index is 12.2. The van der Waals surface area contributed by atoms with Gasteiger partial charge in [0, 0.05) is 20.0 Å². The van der Waals surface area contributed by atoms with Crippen molar-refractivity contribution in [3.05, 3.63) is 15.4 Å². The number of nitrogens with zero attached hydrogens (tertiary/aromatic N) is 2. The number of thiophene rings is 1. The standard InChI is InChI=1S/C9H14BrN3O3S2/c1-6-5-8(17-9(6)10)18(15,16)13(2)4-3-7(11)12-14/h5,14H,3-4H2,1-2H3,(H2,11,12). The maximum Gasteiger partial charge on any atom is 0.252 e. The van der Waals surface area contributed by atoms with Gasteiger partial charge in [-0.3, -0.25) is 0 Å². The molecule has 0 aliphatic rings. The molecule has 0 saturated carbocycles. The summed E-state index contributed by atoms with van der Waals surface area (Å²) in [6.07, 6.45) is 0.178. The second-order valence-corrected chi connectivity index (χ2v) is 8.33. The monoisotopic (exact) mass is 355 g/mol. The van der Waals surface area contributed by atoms with E-state index in [0.29, 0.717) is 0 Å². The topological polar surface area (TPSA) is 96.0 Å². The van der Waals surface area contributed by atoms with E-state index in [4.69, 9.17) is 10.9 Å². The molecule has 0 bridgehead atoms. The normalized spacial score (nSPS) is 13.2. The highest BCUT2D eigenvalue weighted by molar-refractivity contribution is 9.11. The highest BCUT2D eigenvalue weighted by Gasteiger charge is 2.23. The first-order chi connectivity index (χ1) is 8.28. The summed E-state index contributed by atoms with van der Waals surface area (Å²) in [6, 6.07) is 1.62. The van der Waals surface area contributed by atoms with Gasteiger partial charge in [-0.1, -0.05) is 5.16 Å². The SMILES string of the molecule is Cc1cc(S(=O)(=O)N(C)CCC(N)=NO)sc1Br. The van der Waals surface area contributed by atoms with Crippen molar-refractivity contribution in [1.82, 2.24) is 4.31 Å². The van der Waals surface area contributed by atoms with Crippen molar-refractivity contribution in [3.8, 4) is 0 Å². The Hall–Kier alpha value is -0.640. The van der Waals surface area contributed by atoms with Crippen molar-refractivity contribution >= 4 is 43.1 Å². The van der Waals surface area contributed by atoms with Gasteiger partial charge < -0.3 is 10.9 Å². The quantitative estimate of drug-likeness (QED) is 0.362. The van der Waals surface area contributed by atoms with Gasteiger partial charge in [-0.25, -0.2) is 8.42 Å². The van der Waals surface area contributed by atoms with Crippen LogP contribution >= 0.6 is 27.3 Å². The summed E-state index contributed by atoms with van der Waals surface area (Å²) in [5.41, 5.74) is 6.18. The molecule has 0 aliphatic carbocycles. The Morgan fingerprint density at radius 2 is 2.28 bits per heavy atom. The summed E-state index contributed by atoms with van der Waals surface area (Å²) in [5, 5.41) is 11.2. The fourth-order valence-corrected chi connectivity index (χ4v) is 4.76. The predicted molar refractivity (Wildman–Crippen MR) is 74.6 cm³/mol. The molecule has 18 heavy (non-hydrogen) atoms. The number of hydrogen-bond acceptors (Lipinski definition) is 5. The Labute approximate surface area is 118 Å². The van der Waals surface area contributed by atoms with Crippen LogP contribution < -0.4 is 5.73 Å². The van der Waals surface area contributed by atoms with Crippen LogP contribution in [0.2, 0.25) is 0 Å². The van der Waals surface area contributed by atoms with E-state index in [1.54, 1.807) is 6.07 Å². The van der Waals surface area contributed by atoms with Crippen molar-refractivity contribution in [1.29, 1.82) is 0 Å². The zero-order valence-corrected chi connectivity index (χ0v) is 13.1. The Kier molecular flexibility index (Phi) is 5.14. The van der Waals surface area contributed by atoms with E-state index in [1.807, 2.05) is 6.92 Å². The van der Waals surface area contributed by atoms with E-state index in [9.17, 15) is 8.42 Å². The summed E-state index contributed by atoms with van der Waals surface area (Å²) < 4.78 is 26.6. The van der Waals surface area contributed by atoms with Gasteiger partial charge in [0.25, 0.3) is 10.0 Å². The third-order valence-electron chi connectivity index (χ3n) is 2.31. The number of amidine groups is 1. The lowest BCUT2D eigenvalue weighted by Crippen LogP contribution is -2.30. The first-order valence-electron chi connectivity index (χ1n) is 4.97. The lowest BCUT2D eigenvalue weighted by atomic mass is 10.4. The zero-order valence-electron chi connectivity index (χ0n) is 9.92. The van der Waals surface area contributed by atoms with Gasteiger partial charge in [-0.15, -0.1) is 11.3 Å². The van der Waals surface area contributed by atoms with Crippen LogP contribution in [0.5, 0.6) is 0 Å². The Bertz CT molecular complexity index is 534. The van der Waals surface area contributed by atoms with Crippen LogP contribution in [0.25, 0.3) is 0 Å². The summed E-state index contributed by atoms with van der Waals surface area (Å²) in [7, 11) is -2.05. The average molecular weight is 356 g/mol. The second-order valence-electron chi connectivity index (χ2n) is 3.69. The minimum Gasteiger partial charge on any atom is -0.409 e. The first kappa shape index (κ1) is 15.4. The zero-order chi connectivity index (χ0) is 13.9. The van der Waals surface area contributed by atoms with Crippen molar-refractivity contribution in [2.75, 3.05) is 13.6 Å². The summed E-state index contributed by atoms with van der Waals surface area (Å²) in [5.74, 6) is 0.000547. The lowest BCUT2D eigenvalue weighted by molar-refractivity contribution is 0.316. The van der Waals surface area contributed by atoms with Crippen LogP contribution in [-0.2, 0) is 10.0 Å². The second kappa shape index (κ2) is 6.00. The van der Waals surface area contributed by atoms with E-state index in [2.05, 4.69) is 21.1 Å². The molecule has 0 aromatic carbocycles. The largest absolute Gasteiger partial charge is 0.409 e. The summed E-state index contributed by atoms with van der Waals surface area (Å²) in [4.78, 5) is 0. The number of sulfonamides is 1. The molecule has 1 heterocycles. The number of halogens is 1. The van der Waals surface area contributed by atoms with Gasteiger partial charge in [0.05, 0.1) is 3.79 Å². The van der Waals surface area contributed by atoms with Crippen molar-refractivity contribution < 1.29 is 13.6 Å². The van der Waals surface area contributed by atoms with Gasteiger partial charge in [-0.05, 0) is 34.5 Å². The molecule has 0 saturated heterocycles. The molecular weight excluding hydrogens is 342 g/mol. The van der Waals surface area contributed by atoms with Crippen LogP contribution in [0.4, 0.5) is 0 Å². The summed E-state index contributed by atoms with van der Waals surface area (Å²) in [6.45, 7) is 1.99. The molecule has 9 heteroatoms. The Balaban J connectivity index is 2.86. The third-order valence-corrected chi connectivity index (χ3v) is 6.75. The minimum absolute atomic E-state index is 0.000547. The van der Waals surface area contributed by atoms with Crippen LogP contribution in [0.15, 0.2) is 19.2 Å². The third kappa shape index (κ3) is 3.44. The molecule has 0 amide bonds. The molecule has 1 rings (SSSR count). The maximum atomic E-state index is 12.2. The van der Waals surface area contributed by atoms with Gasteiger partial charge >= 0.3 is 0 Å². The Morgan fingerprint density at radius 1 is 1.67 bits per heavy atom. The minimum atomic E-state index is -3.51. The van der Waals surface area contributed by atoms with E-state index < -0.39 is 10.0 Å². The van der Waals surface area contributed by atoms with Crippen LogP contribution in [0, 0.1) is 6.92 Å². The molecule has 3 N–H and O–H groups in total. The van der Waals surface area contributed by atoms with Gasteiger partial charge in [-0.2, -0.15) is 4.31 Å². The van der Waals surface area contributed by atoms with Crippen molar-refractivity contribution in [2.24, 2.45) is 10.9 Å². The van der Waals surface area contributed by atoms with E-state index >= 15 is 0 Å². The average Bonchev–Trinajstić information content (AvgIpc) is 2.66. The lowest BCUT2D eigenvalue weighted by Gasteiger charge is -2.15. The predicted octanol–water partition coefficient (Wildman–Crippen LogP) is 1.58. The molecule has 0 aliphatic heterocycles. The molecule has 1 aromatic heterocycles. The highest BCUT2D eigenvalue weighted by atomic mass is 79.9. The van der Waals surface area contributed by atoms with Gasteiger partial charge in [0.15, 0.2) is 0 Å². The van der Waals surface area contributed by atoms with Crippen LogP contribution in [-0.4, -0.2) is 37.4 Å². The number of nitrogens with two attached hydrogens (primary N) is 1. The van der Waals surface area contributed by atoms with Gasteiger partial charge in [0.1, 0.15) is 10.0 Å². The fraction of sp³-hybridized carbons (Fsp3) is 0.444. The number of rotatable bonds is 5. The smallest absolute Gasteiger partial charge is 0.252 e. The fourth-order valence-electron chi connectivity index (χ4n) is 1.15. The molecule has 6 nitrogen and oxygen atoms in total. The van der Waals surface area contributed by atoms with Crippen LogP contribution in [0.3, 0.4) is 0 Å². The number of oxime groups is 1. The van der Waals surface area contributed by atoms with Crippen LogP contribution in [0.1, 0.15) is 12.0 Å². The van der Waals surface area contributed by atoms with E-state index in [-0.39, 0.29) is 23.0 Å². The number of hydrogen-bond donors (Lipinski definition) is 2. The van der Waals surface area contributed by atoms with E-state index in [1.165, 1.54) is 22.7 Å². The molecule has 0 fully saturated rings. The molecular formula is C9H14BrN3O3S2. The molecule has 0 spiro atoms. The molecule has 1 aromatic rings. The molecule has 0 atom stereocenters. The Morgan fingerprint density at radius 3 is 2.72 bits per heavy atom. The van der Waals surface area contributed by atoms with Crippen molar-refractivity contribution in [3.63, 3.8) is 0 Å². The van der Waals surface area contributed by atoms with Gasteiger partial charge in [0.2, 0.25) is 0 Å². The highest BCUT2D eigenvalue weighted by Crippen LogP contribution is 2.31.